The third-order valence-electron chi connectivity index (χ3n) is 4.16. The van der Waals surface area contributed by atoms with Gasteiger partial charge in [0.05, 0.1) is 0 Å². The SMILES string of the molecule is CCNC(=O)c1cc2c([nH]c1=O)CC(c1ccccc1)CC2=O. The van der Waals surface area contributed by atoms with E-state index >= 15 is 0 Å². The second kappa shape index (κ2) is 6.20. The summed E-state index contributed by atoms with van der Waals surface area (Å²) in [5.41, 5.74) is 1.71. The Morgan fingerprint density at radius 2 is 1.96 bits per heavy atom. The first kappa shape index (κ1) is 15.2. The number of Topliss-reactive ketones (excluding diaryl/α,β-unsaturated/α-hetero) is 1. The summed E-state index contributed by atoms with van der Waals surface area (Å²) in [5.74, 6) is -0.432. The fourth-order valence-corrected chi connectivity index (χ4v) is 3.02. The van der Waals surface area contributed by atoms with E-state index in [2.05, 4.69) is 10.3 Å². The van der Waals surface area contributed by atoms with Crippen LogP contribution in [-0.2, 0) is 6.42 Å². The Labute approximate surface area is 133 Å². The van der Waals surface area contributed by atoms with E-state index in [1.807, 2.05) is 30.3 Å². The lowest BCUT2D eigenvalue weighted by Gasteiger charge is -2.24. The molecular weight excluding hydrogens is 292 g/mol. The maximum atomic E-state index is 12.5. The molecule has 2 N–H and O–H groups in total. The lowest BCUT2D eigenvalue weighted by molar-refractivity contribution is 0.0954. The molecule has 1 heterocycles. The number of hydrogen-bond acceptors (Lipinski definition) is 3. The maximum absolute atomic E-state index is 12.5. The van der Waals surface area contributed by atoms with Crippen molar-refractivity contribution in [2.24, 2.45) is 0 Å². The average Bonchev–Trinajstić information content (AvgIpc) is 2.55. The van der Waals surface area contributed by atoms with Crippen LogP contribution in [0.4, 0.5) is 0 Å². The molecule has 1 aliphatic rings. The van der Waals surface area contributed by atoms with Gasteiger partial charge in [-0.05, 0) is 30.9 Å². The van der Waals surface area contributed by atoms with Crippen LogP contribution in [0.15, 0.2) is 41.2 Å². The average molecular weight is 310 g/mol. The van der Waals surface area contributed by atoms with Crippen LogP contribution < -0.4 is 10.9 Å². The Morgan fingerprint density at radius 3 is 2.65 bits per heavy atom. The number of hydrogen-bond donors (Lipinski definition) is 2. The zero-order valence-electron chi connectivity index (χ0n) is 12.9. The third-order valence-corrected chi connectivity index (χ3v) is 4.16. The molecule has 0 aliphatic heterocycles. The number of fused-ring (bicyclic) bond motifs is 1. The number of nitrogens with one attached hydrogen (secondary N) is 2. The van der Waals surface area contributed by atoms with E-state index in [0.717, 1.165) is 5.56 Å². The van der Waals surface area contributed by atoms with E-state index in [4.69, 9.17) is 0 Å². The molecule has 5 heteroatoms. The summed E-state index contributed by atoms with van der Waals surface area (Å²) in [6.45, 7) is 2.21. The van der Waals surface area contributed by atoms with Gasteiger partial charge in [-0.2, -0.15) is 0 Å². The first-order valence-corrected chi connectivity index (χ1v) is 7.72. The molecule has 1 unspecified atom stereocenters. The fourth-order valence-electron chi connectivity index (χ4n) is 3.02. The topological polar surface area (TPSA) is 79.0 Å². The molecule has 0 saturated heterocycles. The molecule has 23 heavy (non-hydrogen) atoms. The van der Waals surface area contributed by atoms with Crippen molar-refractivity contribution in [1.29, 1.82) is 0 Å². The summed E-state index contributed by atoms with van der Waals surface area (Å²) in [4.78, 5) is 39.2. The first-order chi connectivity index (χ1) is 11.1. The number of aromatic nitrogens is 1. The molecule has 0 radical (unpaired) electrons. The molecule has 1 amide bonds. The second-order valence-corrected chi connectivity index (χ2v) is 5.70. The zero-order valence-corrected chi connectivity index (χ0v) is 12.9. The Hall–Kier alpha value is -2.69. The monoisotopic (exact) mass is 310 g/mol. The van der Waals surface area contributed by atoms with Crippen molar-refractivity contribution in [3.8, 4) is 0 Å². The van der Waals surface area contributed by atoms with Crippen molar-refractivity contribution in [3.63, 3.8) is 0 Å². The van der Waals surface area contributed by atoms with Crippen LogP contribution in [-0.4, -0.2) is 23.2 Å². The Kier molecular flexibility index (Phi) is 4.10. The molecule has 0 saturated carbocycles. The second-order valence-electron chi connectivity index (χ2n) is 5.70. The van der Waals surface area contributed by atoms with E-state index in [1.54, 1.807) is 6.92 Å². The molecule has 5 nitrogen and oxygen atoms in total. The van der Waals surface area contributed by atoms with Gasteiger partial charge in [0.25, 0.3) is 11.5 Å². The minimum absolute atomic E-state index is 0.00267. The van der Waals surface area contributed by atoms with Crippen LogP contribution in [0.3, 0.4) is 0 Å². The number of ketones is 1. The molecule has 2 aromatic rings. The van der Waals surface area contributed by atoms with Crippen LogP contribution in [0, 0.1) is 0 Å². The van der Waals surface area contributed by atoms with Gasteiger partial charge >= 0.3 is 0 Å². The number of benzene rings is 1. The molecule has 0 fully saturated rings. The van der Waals surface area contributed by atoms with Gasteiger partial charge in [-0.15, -0.1) is 0 Å². The molecule has 1 aromatic heterocycles. The van der Waals surface area contributed by atoms with Crippen LogP contribution in [0.25, 0.3) is 0 Å². The minimum Gasteiger partial charge on any atom is -0.352 e. The van der Waals surface area contributed by atoms with Gasteiger partial charge in [-0.25, -0.2) is 0 Å². The van der Waals surface area contributed by atoms with Crippen molar-refractivity contribution in [2.45, 2.75) is 25.7 Å². The summed E-state index contributed by atoms with van der Waals surface area (Å²) in [6.07, 6.45) is 0.980. The number of aromatic amines is 1. The molecule has 3 rings (SSSR count). The normalized spacial score (nSPS) is 16.7. The minimum atomic E-state index is -0.450. The lowest BCUT2D eigenvalue weighted by Crippen LogP contribution is -2.32. The largest absolute Gasteiger partial charge is 0.352 e. The van der Waals surface area contributed by atoms with Crippen molar-refractivity contribution in [3.05, 3.63) is 69.1 Å². The quantitative estimate of drug-likeness (QED) is 0.910. The van der Waals surface area contributed by atoms with Crippen molar-refractivity contribution in [2.75, 3.05) is 6.54 Å². The van der Waals surface area contributed by atoms with E-state index in [9.17, 15) is 14.4 Å². The summed E-state index contributed by atoms with van der Waals surface area (Å²) < 4.78 is 0. The Balaban J connectivity index is 1.97. The van der Waals surface area contributed by atoms with Gasteiger partial charge in [0.1, 0.15) is 5.56 Å². The van der Waals surface area contributed by atoms with Gasteiger partial charge in [0.2, 0.25) is 0 Å². The molecular formula is C18H18N2O3. The van der Waals surface area contributed by atoms with Crippen LogP contribution in [0.1, 0.15) is 51.2 Å². The number of carbonyl (C=O) groups is 2. The molecule has 118 valence electrons. The highest BCUT2D eigenvalue weighted by molar-refractivity contribution is 6.02. The molecule has 0 bridgehead atoms. The molecule has 1 atom stereocenters. The smallest absolute Gasteiger partial charge is 0.261 e. The number of carbonyl (C=O) groups excluding carboxylic acids is 2. The van der Waals surface area contributed by atoms with Crippen LogP contribution in [0.2, 0.25) is 0 Å². The van der Waals surface area contributed by atoms with E-state index in [0.29, 0.717) is 30.6 Å². The predicted octanol–water partition coefficient (Wildman–Crippen LogP) is 2.04. The predicted molar refractivity (Wildman–Crippen MR) is 86.9 cm³/mol. The van der Waals surface area contributed by atoms with Crippen molar-refractivity contribution >= 4 is 11.7 Å². The highest BCUT2D eigenvalue weighted by Crippen LogP contribution is 2.31. The maximum Gasteiger partial charge on any atom is 0.261 e. The molecule has 0 spiro atoms. The van der Waals surface area contributed by atoms with Gasteiger partial charge in [0, 0.05) is 24.2 Å². The van der Waals surface area contributed by atoms with Crippen LogP contribution >= 0.6 is 0 Å². The Morgan fingerprint density at radius 1 is 1.22 bits per heavy atom. The highest BCUT2D eigenvalue weighted by atomic mass is 16.2. The van der Waals surface area contributed by atoms with E-state index in [-0.39, 0.29) is 17.3 Å². The standard InChI is InChI=1S/C18H18N2O3/c1-2-19-17(22)14-10-13-15(20-18(14)23)8-12(9-16(13)21)11-6-4-3-5-7-11/h3-7,10,12H,2,8-9H2,1H3,(H,19,22)(H,20,23). The highest BCUT2D eigenvalue weighted by Gasteiger charge is 2.28. The number of amides is 1. The number of rotatable bonds is 3. The zero-order chi connectivity index (χ0) is 16.4. The molecule has 1 aliphatic carbocycles. The van der Waals surface area contributed by atoms with Crippen molar-refractivity contribution in [1.82, 2.24) is 10.3 Å². The van der Waals surface area contributed by atoms with Gasteiger partial charge < -0.3 is 10.3 Å². The first-order valence-electron chi connectivity index (χ1n) is 7.72. The third kappa shape index (κ3) is 2.95. The van der Waals surface area contributed by atoms with Gasteiger partial charge in [-0.1, -0.05) is 30.3 Å². The van der Waals surface area contributed by atoms with Gasteiger partial charge in [0.15, 0.2) is 5.78 Å². The van der Waals surface area contributed by atoms with Gasteiger partial charge in [-0.3, -0.25) is 14.4 Å². The van der Waals surface area contributed by atoms with E-state index < -0.39 is 11.5 Å². The Bertz CT molecular complexity index is 809. The summed E-state index contributed by atoms with van der Waals surface area (Å²) in [5, 5.41) is 2.59. The number of pyridine rings is 1. The summed E-state index contributed by atoms with van der Waals surface area (Å²) >= 11 is 0. The summed E-state index contributed by atoms with van der Waals surface area (Å²) in [6, 6.07) is 11.2. The fraction of sp³-hybridized carbons (Fsp3) is 0.278. The van der Waals surface area contributed by atoms with Crippen LogP contribution in [0.5, 0.6) is 0 Å². The summed E-state index contributed by atoms with van der Waals surface area (Å²) in [7, 11) is 0. The number of H-pyrrole nitrogens is 1. The van der Waals surface area contributed by atoms with E-state index in [1.165, 1.54) is 6.07 Å². The lowest BCUT2D eigenvalue weighted by atomic mass is 9.81. The molecule has 1 aromatic carbocycles. The van der Waals surface area contributed by atoms with Crippen molar-refractivity contribution < 1.29 is 9.59 Å².